The summed E-state index contributed by atoms with van der Waals surface area (Å²) in [5, 5.41) is 2.74. The van der Waals surface area contributed by atoms with E-state index in [1.54, 1.807) is 24.3 Å². The van der Waals surface area contributed by atoms with Gasteiger partial charge in [0.15, 0.2) is 5.76 Å². The molecule has 1 atom stereocenters. The molecule has 0 fully saturated rings. The first kappa shape index (κ1) is 28.1. The third kappa shape index (κ3) is 6.85. The number of ether oxygens (including phenoxy) is 1. The van der Waals surface area contributed by atoms with Crippen molar-refractivity contribution >= 4 is 11.8 Å². The van der Waals surface area contributed by atoms with Gasteiger partial charge in [-0.15, -0.1) is 0 Å². The van der Waals surface area contributed by atoms with Crippen LogP contribution in [0.15, 0.2) is 83.3 Å². The lowest BCUT2D eigenvalue weighted by Gasteiger charge is -2.38. The van der Waals surface area contributed by atoms with Crippen molar-refractivity contribution in [3.63, 3.8) is 0 Å². The first-order chi connectivity index (χ1) is 19.8. The van der Waals surface area contributed by atoms with Gasteiger partial charge in [0.25, 0.3) is 5.91 Å². The topological polar surface area (TPSA) is 71.8 Å². The molecule has 5 rings (SSSR count). The average molecular weight is 555 g/mol. The van der Waals surface area contributed by atoms with Crippen molar-refractivity contribution in [3.8, 4) is 5.75 Å². The van der Waals surface area contributed by atoms with Crippen molar-refractivity contribution < 1.29 is 23.1 Å². The Balaban J connectivity index is 1.30. The Morgan fingerprint density at radius 1 is 1.05 bits per heavy atom. The second kappa shape index (κ2) is 12.4. The van der Waals surface area contributed by atoms with Crippen molar-refractivity contribution in [3.05, 3.63) is 124 Å². The number of carbonyl (C=O) groups excluding carboxylic acids is 2. The van der Waals surface area contributed by atoms with Crippen LogP contribution in [0.2, 0.25) is 0 Å². The van der Waals surface area contributed by atoms with Gasteiger partial charge in [0.05, 0.1) is 6.04 Å². The number of benzene rings is 3. The van der Waals surface area contributed by atoms with Gasteiger partial charge in [-0.2, -0.15) is 0 Å². The van der Waals surface area contributed by atoms with E-state index in [1.807, 2.05) is 17.0 Å². The molecule has 0 saturated heterocycles. The third-order valence-electron chi connectivity index (χ3n) is 7.25. The van der Waals surface area contributed by atoms with Crippen LogP contribution in [0.5, 0.6) is 5.75 Å². The standard InChI is InChI=1S/C34H35FN2O4/c1-22(2)17-32(38)37-16-15-25-11-12-28(19-30(25)33(37)26-9-7-23(3)8-10-26)40-21-29-13-14-31(41-29)34(39)36-20-24-5-4-6-27(35)18-24/h4-14,18-19,22,33H,15-17,20-21H2,1-3H3,(H,36,39)/t33-/m0/s1. The molecule has 0 spiro atoms. The Morgan fingerprint density at radius 2 is 1.85 bits per heavy atom. The van der Waals surface area contributed by atoms with Gasteiger partial charge in [-0.3, -0.25) is 9.59 Å². The minimum absolute atomic E-state index is 0.140. The summed E-state index contributed by atoms with van der Waals surface area (Å²) in [7, 11) is 0. The molecule has 0 aliphatic carbocycles. The molecule has 0 bridgehead atoms. The van der Waals surface area contributed by atoms with Crippen molar-refractivity contribution in [1.82, 2.24) is 10.2 Å². The number of amides is 2. The fourth-order valence-corrected chi connectivity index (χ4v) is 5.17. The summed E-state index contributed by atoms with van der Waals surface area (Å²) in [6.07, 6.45) is 1.29. The predicted molar refractivity (Wildman–Crippen MR) is 155 cm³/mol. The molecule has 1 aromatic heterocycles. The summed E-state index contributed by atoms with van der Waals surface area (Å²) in [5.41, 5.74) is 5.17. The second-order valence-corrected chi connectivity index (χ2v) is 11.0. The van der Waals surface area contributed by atoms with Gasteiger partial charge < -0.3 is 19.4 Å². The van der Waals surface area contributed by atoms with Crippen LogP contribution in [0.25, 0.3) is 0 Å². The highest BCUT2D eigenvalue weighted by Gasteiger charge is 2.32. The quantitative estimate of drug-likeness (QED) is 0.248. The molecule has 1 N–H and O–H groups in total. The second-order valence-electron chi connectivity index (χ2n) is 11.0. The molecular formula is C34H35FN2O4. The zero-order valence-corrected chi connectivity index (χ0v) is 23.7. The van der Waals surface area contributed by atoms with E-state index in [-0.39, 0.29) is 48.5 Å². The lowest BCUT2D eigenvalue weighted by atomic mass is 9.87. The van der Waals surface area contributed by atoms with Crippen LogP contribution >= 0.6 is 0 Å². The van der Waals surface area contributed by atoms with Crippen LogP contribution in [0.1, 0.15) is 70.4 Å². The van der Waals surface area contributed by atoms with Crippen LogP contribution in [0, 0.1) is 18.7 Å². The van der Waals surface area contributed by atoms with E-state index in [9.17, 15) is 14.0 Å². The molecule has 0 radical (unpaired) electrons. The number of hydrogen-bond acceptors (Lipinski definition) is 4. The van der Waals surface area contributed by atoms with Crippen molar-refractivity contribution in [1.29, 1.82) is 0 Å². The number of rotatable bonds is 9. The van der Waals surface area contributed by atoms with E-state index >= 15 is 0 Å². The lowest BCUT2D eigenvalue weighted by molar-refractivity contribution is -0.134. The van der Waals surface area contributed by atoms with Crippen LogP contribution < -0.4 is 10.1 Å². The molecule has 2 amide bonds. The van der Waals surface area contributed by atoms with Crippen LogP contribution in [0.3, 0.4) is 0 Å². The number of aryl methyl sites for hydroxylation is 1. The molecule has 212 valence electrons. The van der Waals surface area contributed by atoms with Gasteiger partial charge in [-0.1, -0.05) is 61.9 Å². The molecule has 4 aromatic rings. The van der Waals surface area contributed by atoms with Gasteiger partial charge in [-0.05, 0) is 77.9 Å². The molecule has 1 aliphatic heterocycles. The maximum atomic E-state index is 13.4. The highest BCUT2D eigenvalue weighted by Crippen LogP contribution is 2.38. The number of halogens is 1. The van der Waals surface area contributed by atoms with Gasteiger partial charge in [0, 0.05) is 19.5 Å². The van der Waals surface area contributed by atoms with E-state index in [4.69, 9.17) is 9.15 Å². The maximum absolute atomic E-state index is 13.4. The van der Waals surface area contributed by atoms with E-state index in [2.05, 4.69) is 56.4 Å². The van der Waals surface area contributed by atoms with Crippen molar-refractivity contribution in [2.24, 2.45) is 5.92 Å². The van der Waals surface area contributed by atoms with Crippen LogP contribution in [0.4, 0.5) is 4.39 Å². The number of furan rings is 1. The number of nitrogens with zero attached hydrogens (tertiary/aromatic N) is 1. The highest BCUT2D eigenvalue weighted by molar-refractivity contribution is 5.91. The van der Waals surface area contributed by atoms with E-state index < -0.39 is 0 Å². The van der Waals surface area contributed by atoms with Crippen molar-refractivity contribution in [2.75, 3.05) is 6.54 Å². The largest absolute Gasteiger partial charge is 0.486 e. The zero-order chi connectivity index (χ0) is 28.9. The van der Waals surface area contributed by atoms with Gasteiger partial charge >= 0.3 is 0 Å². The maximum Gasteiger partial charge on any atom is 0.287 e. The highest BCUT2D eigenvalue weighted by atomic mass is 19.1. The third-order valence-corrected chi connectivity index (χ3v) is 7.25. The molecule has 1 aliphatic rings. The van der Waals surface area contributed by atoms with Gasteiger partial charge in [0.1, 0.15) is 23.9 Å². The van der Waals surface area contributed by atoms with Gasteiger partial charge in [-0.25, -0.2) is 4.39 Å². The summed E-state index contributed by atoms with van der Waals surface area (Å²) in [5.74, 6) is 1.01. The SMILES string of the molecule is Cc1ccc([C@H]2c3cc(OCc4ccc(C(=O)NCc5cccc(F)c5)o4)ccc3CCN2C(=O)CC(C)C)cc1. The van der Waals surface area contributed by atoms with E-state index in [0.717, 1.165) is 17.5 Å². The Hall–Kier alpha value is -4.39. The number of carbonyl (C=O) groups is 2. The Kier molecular flexibility index (Phi) is 8.53. The number of fused-ring (bicyclic) bond motifs is 1. The molecule has 2 heterocycles. The molecule has 7 heteroatoms. The van der Waals surface area contributed by atoms with Gasteiger partial charge in [0.2, 0.25) is 5.91 Å². The fraction of sp³-hybridized carbons (Fsp3) is 0.294. The summed E-state index contributed by atoms with van der Waals surface area (Å²) in [4.78, 5) is 27.8. The van der Waals surface area contributed by atoms with Crippen LogP contribution in [-0.2, 0) is 24.4 Å². The summed E-state index contributed by atoms with van der Waals surface area (Å²) < 4.78 is 25.2. The molecule has 6 nitrogen and oxygen atoms in total. The molecular weight excluding hydrogens is 519 g/mol. The first-order valence-corrected chi connectivity index (χ1v) is 14.0. The molecule has 0 saturated carbocycles. The zero-order valence-electron chi connectivity index (χ0n) is 23.7. The Morgan fingerprint density at radius 3 is 2.61 bits per heavy atom. The lowest BCUT2D eigenvalue weighted by Crippen LogP contribution is -2.41. The summed E-state index contributed by atoms with van der Waals surface area (Å²) >= 11 is 0. The predicted octanol–water partition coefficient (Wildman–Crippen LogP) is 6.76. The normalized spacial score (nSPS) is 14.6. The molecule has 3 aromatic carbocycles. The fourth-order valence-electron chi connectivity index (χ4n) is 5.17. The minimum atomic E-state index is -0.388. The average Bonchev–Trinajstić information content (AvgIpc) is 3.43. The smallest absolute Gasteiger partial charge is 0.287 e. The number of hydrogen-bond donors (Lipinski definition) is 1. The summed E-state index contributed by atoms with van der Waals surface area (Å²) in [6.45, 7) is 7.19. The molecule has 0 unspecified atom stereocenters. The molecule has 41 heavy (non-hydrogen) atoms. The Labute approximate surface area is 240 Å². The Bertz CT molecular complexity index is 1530. The van der Waals surface area contributed by atoms with E-state index in [1.165, 1.54) is 23.3 Å². The first-order valence-electron chi connectivity index (χ1n) is 14.0. The van der Waals surface area contributed by atoms with Crippen LogP contribution in [-0.4, -0.2) is 23.3 Å². The minimum Gasteiger partial charge on any atom is -0.486 e. The number of nitrogens with one attached hydrogen (secondary N) is 1. The van der Waals surface area contributed by atoms with Crippen molar-refractivity contribution in [2.45, 2.75) is 52.8 Å². The monoisotopic (exact) mass is 554 g/mol. The van der Waals surface area contributed by atoms with E-state index in [0.29, 0.717) is 30.0 Å². The summed E-state index contributed by atoms with van der Waals surface area (Å²) in [6, 6.07) is 23.6.